The molecule has 0 saturated heterocycles. The van der Waals surface area contributed by atoms with Gasteiger partial charge in [0.1, 0.15) is 17.3 Å². The highest BCUT2D eigenvalue weighted by Crippen LogP contribution is 2.31. The SMILES string of the molecule is COc1ccc(C(CC(=O)O)NC(=O)CS(=O)(=O)C2CCCC2)c(OC)c1. The number of hydrogen-bond acceptors (Lipinski definition) is 6. The number of carboxylic acid groups (broad SMARTS) is 1. The lowest BCUT2D eigenvalue weighted by atomic mass is 10.0. The molecule has 1 aliphatic carbocycles. The van der Waals surface area contributed by atoms with Gasteiger partial charge < -0.3 is 19.9 Å². The maximum absolute atomic E-state index is 12.4. The van der Waals surface area contributed by atoms with E-state index in [1.807, 2.05) is 0 Å². The summed E-state index contributed by atoms with van der Waals surface area (Å²) >= 11 is 0. The minimum atomic E-state index is -3.55. The van der Waals surface area contributed by atoms with Crippen molar-refractivity contribution in [3.05, 3.63) is 23.8 Å². The van der Waals surface area contributed by atoms with E-state index in [9.17, 15) is 23.1 Å². The molecule has 2 rings (SSSR count). The van der Waals surface area contributed by atoms with Crippen molar-refractivity contribution in [2.24, 2.45) is 0 Å². The highest BCUT2D eigenvalue weighted by Gasteiger charge is 2.32. The molecule has 27 heavy (non-hydrogen) atoms. The fraction of sp³-hybridized carbons (Fsp3) is 0.556. The number of carbonyl (C=O) groups excluding carboxylic acids is 1. The molecule has 2 N–H and O–H groups in total. The van der Waals surface area contributed by atoms with E-state index in [1.54, 1.807) is 18.2 Å². The zero-order chi connectivity index (χ0) is 20.0. The average Bonchev–Trinajstić information content (AvgIpc) is 3.15. The van der Waals surface area contributed by atoms with Gasteiger partial charge in [0.2, 0.25) is 5.91 Å². The number of amides is 1. The lowest BCUT2D eigenvalue weighted by Gasteiger charge is -2.21. The predicted molar refractivity (Wildman–Crippen MR) is 98.7 cm³/mol. The third kappa shape index (κ3) is 5.59. The number of aliphatic carboxylic acids is 1. The topological polar surface area (TPSA) is 119 Å². The molecule has 0 heterocycles. The smallest absolute Gasteiger partial charge is 0.305 e. The first-order chi connectivity index (χ1) is 12.8. The van der Waals surface area contributed by atoms with Gasteiger partial charge in [0.05, 0.1) is 31.9 Å². The molecule has 0 spiro atoms. The van der Waals surface area contributed by atoms with Crippen molar-refractivity contribution in [1.29, 1.82) is 0 Å². The first kappa shape index (κ1) is 21.0. The summed E-state index contributed by atoms with van der Waals surface area (Å²) in [4.78, 5) is 23.6. The second-order valence-electron chi connectivity index (χ2n) is 6.54. The Morgan fingerprint density at radius 1 is 1.22 bits per heavy atom. The summed E-state index contributed by atoms with van der Waals surface area (Å²) in [5, 5.41) is 11.2. The quantitative estimate of drug-likeness (QED) is 0.648. The van der Waals surface area contributed by atoms with E-state index in [0.29, 0.717) is 29.9 Å². The Morgan fingerprint density at radius 3 is 2.44 bits per heavy atom. The van der Waals surface area contributed by atoms with Gasteiger partial charge in [-0.15, -0.1) is 0 Å². The Bertz CT molecular complexity index is 785. The minimum Gasteiger partial charge on any atom is -0.497 e. The van der Waals surface area contributed by atoms with Crippen LogP contribution in [0.25, 0.3) is 0 Å². The molecule has 1 atom stereocenters. The average molecular weight is 399 g/mol. The molecule has 1 unspecified atom stereocenters. The number of nitrogens with one attached hydrogen (secondary N) is 1. The molecular weight excluding hydrogens is 374 g/mol. The molecule has 1 amide bonds. The second-order valence-corrected chi connectivity index (χ2v) is 8.82. The number of ether oxygens (including phenoxy) is 2. The summed E-state index contributed by atoms with van der Waals surface area (Å²) in [7, 11) is -0.649. The number of rotatable bonds is 9. The van der Waals surface area contributed by atoms with Gasteiger partial charge in [-0.2, -0.15) is 0 Å². The van der Waals surface area contributed by atoms with Crippen LogP contribution in [-0.4, -0.2) is 50.6 Å². The van der Waals surface area contributed by atoms with E-state index in [-0.39, 0.29) is 0 Å². The van der Waals surface area contributed by atoms with E-state index in [1.165, 1.54) is 14.2 Å². The second kappa shape index (κ2) is 9.07. The third-order valence-electron chi connectivity index (χ3n) is 4.67. The Labute approximate surface area is 158 Å². The summed E-state index contributed by atoms with van der Waals surface area (Å²) in [6, 6.07) is 3.87. The molecule has 0 radical (unpaired) electrons. The highest BCUT2D eigenvalue weighted by molar-refractivity contribution is 7.92. The molecule has 1 aliphatic rings. The molecule has 1 saturated carbocycles. The number of carbonyl (C=O) groups is 2. The summed E-state index contributed by atoms with van der Waals surface area (Å²) < 4.78 is 35.1. The normalized spacial score (nSPS) is 15.9. The summed E-state index contributed by atoms with van der Waals surface area (Å²) in [6.45, 7) is 0. The number of hydrogen-bond donors (Lipinski definition) is 2. The molecule has 8 nitrogen and oxygen atoms in total. The van der Waals surface area contributed by atoms with Gasteiger partial charge >= 0.3 is 5.97 Å². The zero-order valence-electron chi connectivity index (χ0n) is 15.4. The fourth-order valence-corrected chi connectivity index (χ4v) is 5.04. The van der Waals surface area contributed by atoms with E-state index in [4.69, 9.17) is 9.47 Å². The van der Waals surface area contributed by atoms with Gasteiger partial charge in [0, 0.05) is 11.6 Å². The molecule has 1 fully saturated rings. The van der Waals surface area contributed by atoms with Gasteiger partial charge in [0.25, 0.3) is 0 Å². The predicted octanol–water partition coefficient (Wildman–Crippen LogP) is 1.69. The molecular formula is C18H25NO7S. The van der Waals surface area contributed by atoms with Crippen LogP contribution in [0.1, 0.15) is 43.7 Å². The van der Waals surface area contributed by atoms with Crippen LogP contribution in [0.3, 0.4) is 0 Å². The van der Waals surface area contributed by atoms with Crippen molar-refractivity contribution in [1.82, 2.24) is 5.32 Å². The van der Waals surface area contributed by atoms with E-state index >= 15 is 0 Å². The molecule has 0 aromatic heterocycles. The maximum atomic E-state index is 12.4. The van der Waals surface area contributed by atoms with Crippen molar-refractivity contribution in [3.63, 3.8) is 0 Å². The molecule has 0 bridgehead atoms. The number of benzene rings is 1. The maximum Gasteiger partial charge on any atom is 0.305 e. The molecule has 1 aromatic rings. The van der Waals surface area contributed by atoms with Gasteiger partial charge in [-0.05, 0) is 25.0 Å². The van der Waals surface area contributed by atoms with Crippen LogP contribution in [0.4, 0.5) is 0 Å². The summed E-state index contributed by atoms with van der Waals surface area (Å²) in [6.07, 6.45) is 2.42. The molecule has 150 valence electrons. The Balaban J connectivity index is 2.19. The van der Waals surface area contributed by atoms with Gasteiger partial charge in [-0.25, -0.2) is 8.42 Å². The van der Waals surface area contributed by atoms with Gasteiger partial charge in [0.15, 0.2) is 9.84 Å². The van der Waals surface area contributed by atoms with Crippen molar-refractivity contribution < 1.29 is 32.6 Å². The lowest BCUT2D eigenvalue weighted by Crippen LogP contribution is -2.37. The van der Waals surface area contributed by atoms with Crippen molar-refractivity contribution in [2.45, 2.75) is 43.4 Å². The number of carboxylic acids is 1. The van der Waals surface area contributed by atoms with E-state index in [2.05, 4.69) is 5.32 Å². The molecule has 1 aromatic carbocycles. The van der Waals surface area contributed by atoms with Gasteiger partial charge in [-0.3, -0.25) is 9.59 Å². The van der Waals surface area contributed by atoms with Crippen LogP contribution in [-0.2, 0) is 19.4 Å². The minimum absolute atomic E-state index is 0.347. The number of methoxy groups -OCH3 is 2. The Morgan fingerprint density at radius 2 is 1.89 bits per heavy atom. The van der Waals surface area contributed by atoms with Crippen LogP contribution < -0.4 is 14.8 Å². The Kier molecular flexibility index (Phi) is 7.06. The van der Waals surface area contributed by atoms with Crippen molar-refractivity contribution in [3.8, 4) is 11.5 Å². The van der Waals surface area contributed by atoms with E-state index in [0.717, 1.165) is 12.8 Å². The van der Waals surface area contributed by atoms with Gasteiger partial charge in [-0.1, -0.05) is 12.8 Å². The summed E-state index contributed by atoms with van der Waals surface area (Å²) in [5.41, 5.74) is 0.437. The van der Waals surface area contributed by atoms with Crippen molar-refractivity contribution >= 4 is 21.7 Å². The zero-order valence-corrected chi connectivity index (χ0v) is 16.3. The molecule has 0 aliphatic heterocycles. The highest BCUT2D eigenvalue weighted by atomic mass is 32.2. The van der Waals surface area contributed by atoms with Crippen LogP contribution in [0, 0.1) is 0 Å². The van der Waals surface area contributed by atoms with Crippen LogP contribution in [0.15, 0.2) is 18.2 Å². The first-order valence-electron chi connectivity index (χ1n) is 8.71. The first-order valence-corrected chi connectivity index (χ1v) is 10.4. The van der Waals surface area contributed by atoms with Crippen LogP contribution in [0.5, 0.6) is 11.5 Å². The Hall–Kier alpha value is -2.29. The van der Waals surface area contributed by atoms with Crippen LogP contribution in [0.2, 0.25) is 0 Å². The largest absolute Gasteiger partial charge is 0.497 e. The number of sulfone groups is 1. The molecule has 9 heteroatoms. The standard InChI is InChI=1S/C18H25NO7S/c1-25-12-7-8-14(16(9-12)26-2)15(10-18(21)22)19-17(20)11-27(23,24)13-5-3-4-6-13/h7-9,13,15H,3-6,10-11H2,1-2H3,(H,19,20)(H,21,22). The van der Waals surface area contributed by atoms with Crippen LogP contribution >= 0.6 is 0 Å². The lowest BCUT2D eigenvalue weighted by molar-refractivity contribution is -0.137. The summed E-state index contributed by atoms with van der Waals surface area (Å²) in [5.74, 6) is -1.63. The monoisotopic (exact) mass is 399 g/mol. The third-order valence-corrected chi connectivity index (χ3v) is 6.82. The fourth-order valence-electron chi connectivity index (χ4n) is 3.30. The van der Waals surface area contributed by atoms with E-state index < -0.39 is 45.2 Å². The van der Waals surface area contributed by atoms with Crippen molar-refractivity contribution in [2.75, 3.05) is 20.0 Å².